The number of ether oxygens (including phenoxy) is 2. The molecule has 2 heterocycles. The third-order valence-electron chi connectivity index (χ3n) is 6.20. The van der Waals surface area contributed by atoms with Gasteiger partial charge >= 0.3 is 0 Å². The van der Waals surface area contributed by atoms with Crippen molar-refractivity contribution in [2.75, 3.05) is 26.3 Å². The summed E-state index contributed by atoms with van der Waals surface area (Å²) in [7, 11) is 0. The van der Waals surface area contributed by atoms with Gasteiger partial charge in [-0.1, -0.05) is 18.9 Å². The Balaban J connectivity index is 1.36. The van der Waals surface area contributed by atoms with Gasteiger partial charge < -0.3 is 14.4 Å². The fourth-order valence-corrected chi connectivity index (χ4v) is 4.60. The summed E-state index contributed by atoms with van der Waals surface area (Å²) in [5.74, 6) is 0.885. The fraction of sp³-hybridized carbons (Fsp3) is 0.591. The van der Waals surface area contributed by atoms with Gasteiger partial charge in [-0.2, -0.15) is 0 Å². The molecule has 7 nitrogen and oxygen atoms in total. The second-order valence-corrected chi connectivity index (χ2v) is 7.96. The number of hydrogen-bond donors (Lipinski definition) is 0. The molecule has 1 aromatic rings. The number of carbonyl (C=O) groups is 3. The first-order valence-corrected chi connectivity index (χ1v) is 10.6. The standard InChI is InChI=1S/C22H28N2O5/c1-2-23(14-15-7-8-18-19(13-15)29-12-11-28-18)20(25)9-10-24-21(26)16-5-3-4-6-17(16)22(24)27/h7-8,13,16-17H,2-6,9-12,14H2,1H3/t16-,17-/m1/s1. The zero-order chi connectivity index (χ0) is 20.4. The molecule has 4 rings (SSSR count). The van der Waals surface area contributed by atoms with Crippen LogP contribution in [0.1, 0.15) is 44.6 Å². The van der Waals surface area contributed by atoms with E-state index in [0.717, 1.165) is 37.0 Å². The van der Waals surface area contributed by atoms with Crippen LogP contribution in [0, 0.1) is 11.8 Å². The van der Waals surface area contributed by atoms with E-state index in [1.54, 1.807) is 4.90 Å². The van der Waals surface area contributed by atoms with Gasteiger partial charge in [-0.3, -0.25) is 19.3 Å². The minimum Gasteiger partial charge on any atom is -0.486 e. The Morgan fingerprint density at radius 2 is 1.72 bits per heavy atom. The molecule has 0 N–H and O–H groups in total. The summed E-state index contributed by atoms with van der Waals surface area (Å²) < 4.78 is 11.2. The first-order chi connectivity index (χ1) is 14.1. The van der Waals surface area contributed by atoms with E-state index in [-0.39, 0.29) is 42.5 Å². The van der Waals surface area contributed by atoms with E-state index >= 15 is 0 Å². The normalized spacial score (nSPS) is 23.1. The molecule has 0 spiro atoms. The lowest BCUT2D eigenvalue weighted by atomic mass is 9.81. The van der Waals surface area contributed by atoms with Crippen LogP contribution >= 0.6 is 0 Å². The largest absolute Gasteiger partial charge is 0.486 e. The molecule has 0 radical (unpaired) electrons. The zero-order valence-electron chi connectivity index (χ0n) is 16.9. The van der Waals surface area contributed by atoms with Crippen LogP contribution in [0.5, 0.6) is 11.5 Å². The van der Waals surface area contributed by atoms with Crippen molar-refractivity contribution in [3.8, 4) is 11.5 Å². The van der Waals surface area contributed by atoms with Crippen LogP contribution in [0.3, 0.4) is 0 Å². The van der Waals surface area contributed by atoms with Gasteiger partial charge in [0.1, 0.15) is 13.2 Å². The molecular formula is C22H28N2O5. The Bertz CT molecular complexity index is 784. The van der Waals surface area contributed by atoms with Crippen molar-refractivity contribution < 1.29 is 23.9 Å². The topological polar surface area (TPSA) is 76.2 Å². The van der Waals surface area contributed by atoms with E-state index in [1.807, 2.05) is 25.1 Å². The molecule has 1 aliphatic carbocycles. The lowest BCUT2D eigenvalue weighted by molar-refractivity contribution is -0.141. The van der Waals surface area contributed by atoms with Gasteiger partial charge in [-0.15, -0.1) is 0 Å². The maximum atomic E-state index is 12.8. The van der Waals surface area contributed by atoms with Gasteiger partial charge in [0.05, 0.1) is 11.8 Å². The van der Waals surface area contributed by atoms with Crippen LogP contribution in [-0.4, -0.2) is 53.8 Å². The van der Waals surface area contributed by atoms with Crippen molar-refractivity contribution in [2.24, 2.45) is 11.8 Å². The molecular weight excluding hydrogens is 372 g/mol. The first kappa shape index (κ1) is 19.7. The minimum absolute atomic E-state index is 0.0575. The smallest absolute Gasteiger partial charge is 0.233 e. The summed E-state index contributed by atoms with van der Waals surface area (Å²) in [5.41, 5.74) is 0.962. The quantitative estimate of drug-likeness (QED) is 0.686. The molecule has 1 aromatic carbocycles. The van der Waals surface area contributed by atoms with Gasteiger partial charge in [0.2, 0.25) is 17.7 Å². The highest BCUT2D eigenvalue weighted by atomic mass is 16.6. The van der Waals surface area contributed by atoms with E-state index < -0.39 is 0 Å². The van der Waals surface area contributed by atoms with Crippen molar-refractivity contribution in [3.63, 3.8) is 0 Å². The monoisotopic (exact) mass is 400 g/mol. The maximum absolute atomic E-state index is 12.8. The van der Waals surface area contributed by atoms with E-state index in [0.29, 0.717) is 32.1 Å². The number of benzene rings is 1. The van der Waals surface area contributed by atoms with Gasteiger partial charge in [-0.25, -0.2) is 0 Å². The van der Waals surface area contributed by atoms with Crippen LogP contribution in [0.4, 0.5) is 0 Å². The number of fused-ring (bicyclic) bond motifs is 2. The average Bonchev–Trinajstić information content (AvgIpc) is 3.00. The molecule has 2 atom stereocenters. The average molecular weight is 400 g/mol. The molecule has 2 aliphatic heterocycles. The molecule has 3 aliphatic rings. The lowest BCUT2D eigenvalue weighted by Crippen LogP contribution is -2.37. The summed E-state index contributed by atoms with van der Waals surface area (Å²) in [6.07, 6.45) is 3.77. The highest BCUT2D eigenvalue weighted by Crippen LogP contribution is 2.38. The Labute approximate surface area is 170 Å². The summed E-state index contributed by atoms with van der Waals surface area (Å²) in [4.78, 5) is 41.0. The highest BCUT2D eigenvalue weighted by molar-refractivity contribution is 6.05. The first-order valence-electron chi connectivity index (χ1n) is 10.6. The number of nitrogens with zero attached hydrogens (tertiary/aromatic N) is 2. The minimum atomic E-state index is -0.161. The van der Waals surface area contributed by atoms with Gasteiger partial charge in [0.25, 0.3) is 0 Å². The second-order valence-electron chi connectivity index (χ2n) is 7.96. The van der Waals surface area contributed by atoms with Crippen molar-refractivity contribution in [1.82, 2.24) is 9.80 Å². The molecule has 0 unspecified atom stereocenters. The van der Waals surface area contributed by atoms with Crippen LogP contribution in [0.2, 0.25) is 0 Å². The summed E-state index contributed by atoms with van der Waals surface area (Å²) in [6.45, 7) is 4.19. The van der Waals surface area contributed by atoms with Crippen molar-refractivity contribution in [3.05, 3.63) is 23.8 Å². The number of amides is 3. The summed E-state index contributed by atoms with van der Waals surface area (Å²) in [5, 5.41) is 0. The molecule has 7 heteroatoms. The van der Waals surface area contributed by atoms with Crippen LogP contribution in [0.15, 0.2) is 18.2 Å². The van der Waals surface area contributed by atoms with Crippen LogP contribution in [0.25, 0.3) is 0 Å². The number of imide groups is 1. The van der Waals surface area contributed by atoms with Crippen molar-refractivity contribution >= 4 is 17.7 Å². The molecule has 1 saturated carbocycles. The van der Waals surface area contributed by atoms with Crippen molar-refractivity contribution in [2.45, 2.75) is 45.6 Å². The van der Waals surface area contributed by atoms with E-state index in [9.17, 15) is 14.4 Å². The van der Waals surface area contributed by atoms with E-state index in [1.165, 1.54) is 4.90 Å². The molecule has 156 valence electrons. The van der Waals surface area contributed by atoms with Gasteiger partial charge in [-0.05, 0) is 37.5 Å². The molecule has 2 fully saturated rings. The number of likely N-dealkylation sites (tertiary alicyclic amines) is 1. The zero-order valence-corrected chi connectivity index (χ0v) is 16.9. The summed E-state index contributed by atoms with van der Waals surface area (Å²) in [6, 6.07) is 5.70. The Morgan fingerprint density at radius 3 is 2.38 bits per heavy atom. The van der Waals surface area contributed by atoms with Crippen LogP contribution in [-0.2, 0) is 20.9 Å². The van der Waals surface area contributed by atoms with Crippen LogP contribution < -0.4 is 9.47 Å². The third-order valence-corrected chi connectivity index (χ3v) is 6.20. The van der Waals surface area contributed by atoms with E-state index in [4.69, 9.17) is 9.47 Å². The lowest BCUT2D eigenvalue weighted by Gasteiger charge is -2.24. The molecule has 0 aromatic heterocycles. The Kier molecular flexibility index (Phi) is 5.74. The molecule has 29 heavy (non-hydrogen) atoms. The maximum Gasteiger partial charge on any atom is 0.233 e. The molecule has 3 amide bonds. The van der Waals surface area contributed by atoms with E-state index in [2.05, 4.69) is 0 Å². The predicted molar refractivity (Wildman–Crippen MR) is 105 cm³/mol. The molecule has 1 saturated heterocycles. The number of rotatable bonds is 6. The van der Waals surface area contributed by atoms with Gasteiger partial charge in [0.15, 0.2) is 11.5 Å². The number of carbonyl (C=O) groups excluding carboxylic acids is 3. The SMILES string of the molecule is CCN(Cc1ccc2c(c1)OCCO2)C(=O)CCN1C(=O)[C@@H]2CCCC[C@H]2C1=O. The second kappa shape index (κ2) is 8.43. The van der Waals surface area contributed by atoms with Gasteiger partial charge in [0, 0.05) is 26.1 Å². The third kappa shape index (κ3) is 3.95. The Morgan fingerprint density at radius 1 is 1.07 bits per heavy atom. The highest BCUT2D eigenvalue weighted by Gasteiger charge is 2.47. The fourth-order valence-electron chi connectivity index (χ4n) is 4.60. The Hall–Kier alpha value is -2.57. The summed E-state index contributed by atoms with van der Waals surface area (Å²) >= 11 is 0. The number of hydrogen-bond acceptors (Lipinski definition) is 5. The predicted octanol–water partition coefficient (Wildman–Crippen LogP) is 2.37. The molecule has 0 bridgehead atoms. The van der Waals surface area contributed by atoms with Crippen molar-refractivity contribution in [1.29, 1.82) is 0 Å².